The SMILES string of the molecule is CCOCOC(=O)c1ccc(S(C)(=O)=O)c(C2=NOCC2)c1Cl. The Morgan fingerprint density at radius 3 is 2.74 bits per heavy atom. The van der Waals surface area contributed by atoms with Gasteiger partial charge in [0.2, 0.25) is 0 Å². The van der Waals surface area contributed by atoms with E-state index < -0.39 is 15.8 Å². The highest BCUT2D eigenvalue weighted by Gasteiger charge is 2.27. The molecule has 7 nitrogen and oxygen atoms in total. The third kappa shape index (κ3) is 4.01. The van der Waals surface area contributed by atoms with Crippen LogP contribution in [0.15, 0.2) is 22.2 Å². The smallest absolute Gasteiger partial charge is 0.341 e. The number of benzene rings is 1. The van der Waals surface area contributed by atoms with Gasteiger partial charge in [-0.25, -0.2) is 13.2 Å². The molecule has 1 aromatic rings. The molecule has 0 amide bonds. The fraction of sp³-hybridized carbons (Fsp3) is 0.429. The Morgan fingerprint density at radius 1 is 1.43 bits per heavy atom. The molecule has 9 heteroatoms. The third-order valence-corrected chi connectivity index (χ3v) is 4.63. The van der Waals surface area contributed by atoms with Gasteiger partial charge in [-0.3, -0.25) is 0 Å². The number of halogens is 1. The summed E-state index contributed by atoms with van der Waals surface area (Å²) in [7, 11) is -3.55. The van der Waals surface area contributed by atoms with Crippen molar-refractivity contribution in [1.82, 2.24) is 0 Å². The minimum absolute atomic E-state index is 0.00638. The molecule has 2 rings (SSSR count). The fourth-order valence-corrected chi connectivity index (χ4v) is 3.35. The van der Waals surface area contributed by atoms with Gasteiger partial charge < -0.3 is 14.3 Å². The Balaban J connectivity index is 2.48. The lowest BCUT2D eigenvalue weighted by Crippen LogP contribution is -2.14. The van der Waals surface area contributed by atoms with E-state index in [-0.39, 0.29) is 27.8 Å². The van der Waals surface area contributed by atoms with Gasteiger partial charge in [-0.1, -0.05) is 16.8 Å². The summed E-state index contributed by atoms with van der Waals surface area (Å²) < 4.78 is 33.8. The minimum Gasteiger partial charge on any atom is -0.435 e. The second-order valence-corrected chi connectivity index (χ2v) is 7.10. The van der Waals surface area contributed by atoms with Gasteiger partial charge in [0.15, 0.2) is 16.6 Å². The fourth-order valence-electron chi connectivity index (χ4n) is 2.03. The number of carbonyl (C=O) groups is 1. The number of hydrogen-bond donors (Lipinski definition) is 0. The lowest BCUT2D eigenvalue weighted by molar-refractivity contribution is -0.0274. The minimum atomic E-state index is -3.55. The molecule has 0 aromatic heterocycles. The van der Waals surface area contributed by atoms with E-state index >= 15 is 0 Å². The molecule has 0 saturated carbocycles. The summed E-state index contributed by atoms with van der Waals surface area (Å²) in [4.78, 5) is 17.0. The standard InChI is InChI=1S/C14H16ClNO6S/c1-3-20-8-21-14(17)9-4-5-11(23(2,18)19)12(13(9)15)10-6-7-22-16-10/h4-5H,3,6-8H2,1-2H3. The molecule has 1 aliphatic rings. The maximum Gasteiger partial charge on any atom is 0.341 e. The summed E-state index contributed by atoms with van der Waals surface area (Å²) in [5.74, 6) is -0.704. The van der Waals surface area contributed by atoms with Crippen LogP contribution in [-0.4, -0.2) is 46.4 Å². The van der Waals surface area contributed by atoms with Crippen molar-refractivity contribution in [2.24, 2.45) is 5.16 Å². The zero-order chi connectivity index (χ0) is 17.0. The van der Waals surface area contributed by atoms with E-state index in [1.165, 1.54) is 12.1 Å². The molecule has 0 atom stereocenters. The number of sulfone groups is 1. The van der Waals surface area contributed by atoms with Crippen LogP contribution >= 0.6 is 11.6 Å². The maximum atomic E-state index is 12.1. The zero-order valence-electron chi connectivity index (χ0n) is 12.7. The van der Waals surface area contributed by atoms with E-state index in [2.05, 4.69) is 5.16 Å². The molecule has 0 bridgehead atoms. The van der Waals surface area contributed by atoms with E-state index in [1.54, 1.807) is 6.92 Å². The van der Waals surface area contributed by atoms with Gasteiger partial charge in [0.1, 0.15) is 6.61 Å². The van der Waals surface area contributed by atoms with Crippen LogP contribution in [0, 0.1) is 0 Å². The summed E-state index contributed by atoms with van der Waals surface area (Å²) in [6.45, 7) is 2.28. The molecule has 0 unspecified atom stereocenters. The predicted octanol–water partition coefficient (Wildman–Crippen LogP) is 2.02. The quantitative estimate of drug-likeness (QED) is 0.437. The molecule has 0 saturated heterocycles. The van der Waals surface area contributed by atoms with E-state index in [0.29, 0.717) is 25.3 Å². The molecule has 0 N–H and O–H groups in total. The van der Waals surface area contributed by atoms with Crippen molar-refractivity contribution >= 4 is 33.1 Å². The van der Waals surface area contributed by atoms with Crippen molar-refractivity contribution < 1.29 is 27.5 Å². The van der Waals surface area contributed by atoms with Crippen molar-refractivity contribution in [3.63, 3.8) is 0 Å². The molecule has 0 spiro atoms. The van der Waals surface area contributed by atoms with Crippen LogP contribution in [-0.2, 0) is 24.1 Å². The van der Waals surface area contributed by atoms with Crippen molar-refractivity contribution in [1.29, 1.82) is 0 Å². The lowest BCUT2D eigenvalue weighted by atomic mass is 10.0. The largest absolute Gasteiger partial charge is 0.435 e. The Kier molecular flexibility index (Phi) is 5.61. The Labute approximate surface area is 139 Å². The first kappa shape index (κ1) is 17.7. The van der Waals surface area contributed by atoms with Crippen LogP contribution in [0.5, 0.6) is 0 Å². The van der Waals surface area contributed by atoms with Crippen molar-refractivity contribution in [3.8, 4) is 0 Å². The van der Waals surface area contributed by atoms with Crippen LogP contribution in [0.25, 0.3) is 0 Å². The highest BCUT2D eigenvalue weighted by Crippen LogP contribution is 2.31. The van der Waals surface area contributed by atoms with Gasteiger partial charge in [-0.15, -0.1) is 0 Å². The number of carbonyl (C=O) groups excluding carboxylic acids is 1. The normalized spacial score (nSPS) is 14.3. The Bertz CT molecular complexity index is 744. The number of oxime groups is 1. The second kappa shape index (κ2) is 7.29. The molecule has 1 heterocycles. The molecular weight excluding hydrogens is 346 g/mol. The van der Waals surface area contributed by atoms with Crippen LogP contribution in [0.3, 0.4) is 0 Å². The molecule has 23 heavy (non-hydrogen) atoms. The molecule has 0 radical (unpaired) electrons. The van der Waals surface area contributed by atoms with Gasteiger partial charge >= 0.3 is 5.97 Å². The topological polar surface area (TPSA) is 91.3 Å². The van der Waals surface area contributed by atoms with Gasteiger partial charge in [0, 0.05) is 24.8 Å². The van der Waals surface area contributed by atoms with Crippen LogP contribution in [0.4, 0.5) is 0 Å². The number of rotatable bonds is 6. The monoisotopic (exact) mass is 361 g/mol. The van der Waals surface area contributed by atoms with Gasteiger partial charge in [-0.05, 0) is 19.1 Å². The van der Waals surface area contributed by atoms with Crippen LogP contribution in [0.1, 0.15) is 29.3 Å². The zero-order valence-corrected chi connectivity index (χ0v) is 14.2. The summed E-state index contributed by atoms with van der Waals surface area (Å²) in [6, 6.07) is 2.63. The average Bonchev–Trinajstić information content (AvgIpc) is 2.99. The highest BCUT2D eigenvalue weighted by molar-refractivity contribution is 7.90. The van der Waals surface area contributed by atoms with E-state index in [4.69, 9.17) is 25.9 Å². The highest BCUT2D eigenvalue weighted by atomic mass is 35.5. The van der Waals surface area contributed by atoms with Crippen LogP contribution < -0.4 is 0 Å². The number of ether oxygens (including phenoxy) is 2. The number of hydrogen-bond acceptors (Lipinski definition) is 7. The molecular formula is C14H16ClNO6S. The molecule has 0 aliphatic carbocycles. The number of nitrogens with zero attached hydrogens (tertiary/aromatic N) is 1. The third-order valence-electron chi connectivity index (χ3n) is 3.09. The van der Waals surface area contributed by atoms with Crippen molar-refractivity contribution in [2.75, 3.05) is 26.3 Å². The first-order valence-corrected chi connectivity index (χ1v) is 9.09. The number of esters is 1. The maximum absolute atomic E-state index is 12.1. The summed E-state index contributed by atoms with van der Waals surface area (Å²) in [5.41, 5.74) is 0.607. The predicted molar refractivity (Wildman–Crippen MR) is 83.6 cm³/mol. The van der Waals surface area contributed by atoms with Gasteiger partial charge in [-0.2, -0.15) is 0 Å². The average molecular weight is 362 g/mol. The van der Waals surface area contributed by atoms with Gasteiger partial charge in [0.25, 0.3) is 0 Å². The molecule has 1 aromatic carbocycles. The first-order valence-electron chi connectivity index (χ1n) is 6.83. The van der Waals surface area contributed by atoms with E-state index in [0.717, 1.165) is 6.26 Å². The molecule has 1 aliphatic heterocycles. The van der Waals surface area contributed by atoms with Gasteiger partial charge in [0.05, 0.1) is 21.2 Å². The Hall–Kier alpha value is -1.64. The van der Waals surface area contributed by atoms with E-state index in [9.17, 15) is 13.2 Å². The summed E-state index contributed by atoms with van der Waals surface area (Å²) >= 11 is 6.27. The lowest BCUT2D eigenvalue weighted by Gasteiger charge is -2.13. The van der Waals surface area contributed by atoms with Crippen LogP contribution in [0.2, 0.25) is 5.02 Å². The van der Waals surface area contributed by atoms with E-state index in [1.807, 2.05) is 0 Å². The second-order valence-electron chi connectivity index (χ2n) is 4.74. The van der Waals surface area contributed by atoms with Crippen molar-refractivity contribution in [2.45, 2.75) is 18.2 Å². The molecule has 126 valence electrons. The Morgan fingerprint density at radius 2 is 2.17 bits per heavy atom. The van der Waals surface area contributed by atoms with Crippen molar-refractivity contribution in [3.05, 3.63) is 28.3 Å². The summed E-state index contributed by atoms with van der Waals surface area (Å²) in [5, 5.41) is 3.78. The molecule has 0 fully saturated rings. The first-order chi connectivity index (χ1) is 10.9. The summed E-state index contributed by atoms with van der Waals surface area (Å²) in [6.07, 6.45) is 1.46.